The SMILES string of the molecule is [CH2]Cc1ccc(C=CC)cc1. The van der Waals surface area contributed by atoms with Gasteiger partial charge in [-0.3, -0.25) is 0 Å². The first-order valence-electron chi connectivity index (χ1n) is 3.87. The van der Waals surface area contributed by atoms with Crippen LogP contribution < -0.4 is 0 Å². The minimum absolute atomic E-state index is 0.871. The number of hydrogen-bond acceptors (Lipinski definition) is 0. The van der Waals surface area contributed by atoms with Crippen molar-refractivity contribution in [1.29, 1.82) is 0 Å². The molecule has 0 saturated heterocycles. The molecule has 11 heavy (non-hydrogen) atoms. The molecule has 1 radical (unpaired) electrons. The van der Waals surface area contributed by atoms with Crippen molar-refractivity contribution in [3.05, 3.63) is 48.4 Å². The molecule has 57 valence electrons. The Bertz CT molecular complexity index is 229. The van der Waals surface area contributed by atoms with E-state index in [0.29, 0.717) is 0 Å². The van der Waals surface area contributed by atoms with E-state index in [9.17, 15) is 0 Å². The monoisotopic (exact) mass is 145 g/mol. The summed E-state index contributed by atoms with van der Waals surface area (Å²) in [4.78, 5) is 0. The first-order chi connectivity index (χ1) is 5.36. The molecule has 0 bridgehead atoms. The molecule has 0 heteroatoms. The summed E-state index contributed by atoms with van der Waals surface area (Å²) in [7, 11) is 0. The highest BCUT2D eigenvalue weighted by Crippen LogP contribution is 2.05. The van der Waals surface area contributed by atoms with Gasteiger partial charge in [-0.05, 0) is 31.4 Å². The average molecular weight is 145 g/mol. The lowest BCUT2D eigenvalue weighted by Crippen LogP contribution is -1.78. The standard InChI is InChI=1S/C11H13/c1-3-5-11-8-6-10(4-2)7-9-11/h3,5-9H,2,4H2,1H3. The minimum atomic E-state index is 0.871. The van der Waals surface area contributed by atoms with Crippen LogP contribution in [-0.2, 0) is 6.42 Å². The highest BCUT2D eigenvalue weighted by molar-refractivity contribution is 5.49. The van der Waals surface area contributed by atoms with Crippen LogP contribution in [-0.4, -0.2) is 0 Å². The van der Waals surface area contributed by atoms with Crippen LogP contribution in [0.2, 0.25) is 0 Å². The lowest BCUT2D eigenvalue weighted by Gasteiger charge is -1.95. The Labute approximate surface area is 68.6 Å². The van der Waals surface area contributed by atoms with E-state index < -0.39 is 0 Å². The number of rotatable bonds is 2. The van der Waals surface area contributed by atoms with Crippen molar-refractivity contribution in [2.75, 3.05) is 0 Å². The summed E-state index contributed by atoms with van der Waals surface area (Å²) in [6, 6.07) is 8.45. The molecule has 1 aromatic rings. The fourth-order valence-electron chi connectivity index (χ4n) is 0.988. The second-order valence-corrected chi connectivity index (χ2v) is 2.49. The van der Waals surface area contributed by atoms with E-state index >= 15 is 0 Å². The van der Waals surface area contributed by atoms with E-state index in [1.54, 1.807) is 0 Å². The molecule has 0 aromatic heterocycles. The van der Waals surface area contributed by atoms with E-state index in [2.05, 4.69) is 37.3 Å². The van der Waals surface area contributed by atoms with Crippen molar-refractivity contribution in [2.45, 2.75) is 13.3 Å². The van der Waals surface area contributed by atoms with E-state index in [1.165, 1.54) is 11.1 Å². The summed E-state index contributed by atoms with van der Waals surface area (Å²) >= 11 is 0. The first-order valence-corrected chi connectivity index (χ1v) is 3.87. The van der Waals surface area contributed by atoms with Gasteiger partial charge in [0.2, 0.25) is 0 Å². The van der Waals surface area contributed by atoms with Crippen LogP contribution in [0.3, 0.4) is 0 Å². The molecule has 0 spiro atoms. The summed E-state index contributed by atoms with van der Waals surface area (Å²) in [5.74, 6) is 0. The van der Waals surface area contributed by atoms with E-state index in [4.69, 9.17) is 0 Å². The molecule has 0 unspecified atom stereocenters. The van der Waals surface area contributed by atoms with Gasteiger partial charge < -0.3 is 0 Å². The molecule has 0 atom stereocenters. The maximum absolute atomic E-state index is 3.81. The van der Waals surface area contributed by atoms with Crippen LogP contribution in [0.5, 0.6) is 0 Å². The van der Waals surface area contributed by atoms with Crippen molar-refractivity contribution in [3.8, 4) is 0 Å². The van der Waals surface area contributed by atoms with Crippen LogP contribution >= 0.6 is 0 Å². The molecular formula is C11H13. The van der Waals surface area contributed by atoms with Gasteiger partial charge in [-0.25, -0.2) is 0 Å². The van der Waals surface area contributed by atoms with E-state index in [1.807, 2.05) is 13.0 Å². The van der Waals surface area contributed by atoms with Crippen LogP contribution in [0.15, 0.2) is 30.3 Å². The quantitative estimate of drug-likeness (QED) is 0.600. The third kappa shape index (κ3) is 2.23. The Morgan fingerprint density at radius 3 is 2.36 bits per heavy atom. The van der Waals surface area contributed by atoms with E-state index in [-0.39, 0.29) is 0 Å². The Kier molecular flexibility index (Phi) is 2.91. The summed E-state index contributed by atoms with van der Waals surface area (Å²) in [5.41, 5.74) is 2.54. The topological polar surface area (TPSA) is 0 Å². The third-order valence-electron chi connectivity index (χ3n) is 1.63. The average Bonchev–Trinajstić information content (AvgIpc) is 2.07. The third-order valence-corrected chi connectivity index (χ3v) is 1.63. The Morgan fingerprint density at radius 1 is 1.27 bits per heavy atom. The maximum Gasteiger partial charge on any atom is -0.0260 e. The molecule has 0 aliphatic carbocycles. The van der Waals surface area contributed by atoms with Gasteiger partial charge in [-0.1, -0.05) is 36.4 Å². The summed E-state index contributed by atoms with van der Waals surface area (Å²) in [5, 5.41) is 0. The Morgan fingerprint density at radius 2 is 1.91 bits per heavy atom. The van der Waals surface area contributed by atoms with Gasteiger partial charge in [-0.2, -0.15) is 0 Å². The molecule has 0 amide bonds. The van der Waals surface area contributed by atoms with Crippen LogP contribution in [0.4, 0.5) is 0 Å². The second kappa shape index (κ2) is 3.97. The number of hydrogen-bond donors (Lipinski definition) is 0. The molecule has 0 saturated carbocycles. The summed E-state index contributed by atoms with van der Waals surface area (Å²) < 4.78 is 0. The predicted octanol–water partition coefficient (Wildman–Crippen LogP) is 3.10. The second-order valence-electron chi connectivity index (χ2n) is 2.49. The van der Waals surface area contributed by atoms with Gasteiger partial charge in [0.25, 0.3) is 0 Å². The van der Waals surface area contributed by atoms with Gasteiger partial charge in [0.05, 0.1) is 0 Å². The molecule has 0 aliphatic rings. The van der Waals surface area contributed by atoms with Gasteiger partial charge in [0.15, 0.2) is 0 Å². The smallest absolute Gasteiger partial charge is 0.0260 e. The molecule has 0 heterocycles. The lowest BCUT2D eigenvalue weighted by molar-refractivity contribution is 1.27. The van der Waals surface area contributed by atoms with Gasteiger partial charge in [-0.15, -0.1) is 0 Å². The molecule has 1 rings (SSSR count). The molecule has 1 aromatic carbocycles. The first kappa shape index (κ1) is 8.06. The normalized spacial score (nSPS) is 10.7. The van der Waals surface area contributed by atoms with Gasteiger partial charge in [0, 0.05) is 0 Å². The summed E-state index contributed by atoms with van der Waals surface area (Å²) in [6.07, 6.45) is 5.00. The zero-order valence-corrected chi connectivity index (χ0v) is 6.88. The van der Waals surface area contributed by atoms with Crippen LogP contribution in [0, 0.1) is 6.92 Å². The highest BCUT2D eigenvalue weighted by Gasteiger charge is 1.87. The summed E-state index contributed by atoms with van der Waals surface area (Å²) in [6.45, 7) is 5.84. The van der Waals surface area contributed by atoms with Crippen LogP contribution in [0.1, 0.15) is 18.1 Å². The molecule has 0 N–H and O–H groups in total. The highest BCUT2D eigenvalue weighted by atomic mass is 13.9. The van der Waals surface area contributed by atoms with Crippen molar-refractivity contribution in [1.82, 2.24) is 0 Å². The zero-order valence-electron chi connectivity index (χ0n) is 6.88. The Balaban J connectivity index is 2.82. The van der Waals surface area contributed by atoms with E-state index in [0.717, 1.165) is 6.42 Å². The molecular weight excluding hydrogens is 132 g/mol. The van der Waals surface area contributed by atoms with Crippen molar-refractivity contribution < 1.29 is 0 Å². The van der Waals surface area contributed by atoms with Gasteiger partial charge in [0.1, 0.15) is 0 Å². The van der Waals surface area contributed by atoms with Crippen molar-refractivity contribution in [2.24, 2.45) is 0 Å². The molecule has 0 aliphatic heterocycles. The number of allylic oxidation sites excluding steroid dienone is 1. The van der Waals surface area contributed by atoms with Crippen molar-refractivity contribution in [3.63, 3.8) is 0 Å². The lowest BCUT2D eigenvalue weighted by atomic mass is 10.1. The molecule has 0 nitrogen and oxygen atoms in total. The number of benzene rings is 1. The van der Waals surface area contributed by atoms with Crippen LogP contribution in [0.25, 0.3) is 6.08 Å². The largest absolute Gasteiger partial charge is 0.0871 e. The molecule has 0 fully saturated rings. The fraction of sp³-hybridized carbons (Fsp3) is 0.182. The fourth-order valence-corrected chi connectivity index (χ4v) is 0.988. The predicted molar refractivity (Wildman–Crippen MR) is 50.2 cm³/mol. The maximum atomic E-state index is 3.81. The van der Waals surface area contributed by atoms with Crippen molar-refractivity contribution >= 4 is 6.08 Å². The minimum Gasteiger partial charge on any atom is -0.0871 e. The van der Waals surface area contributed by atoms with Gasteiger partial charge >= 0.3 is 0 Å². The Hall–Kier alpha value is -1.04. The zero-order chi connectivity index (χ0) is 8.10.